The summed E-state index contributed by atoms with van der Waals surface area (Å²) in [4.78, 5) is 0. The minimum Gasteiger partial charge on any atom is -0.372 e. The lowest BCUT2D eigenvalue weighted by atomic mass is 9.90. The summed E-state index contributed by atoms with van der Waals surface area (Å²) in [5.74, 6) is 0.776. The summed E-state index contributed by atoms with van der Waals surface area (Å²) in [5.41, 5.74) is 1.29. The van der Waals surface area contributed by atoms with Gasteiger partial charge in [0.15, 0.2) is 0 Å². The average molecular weight is 352 g/mol. The summed E-state index contributed by atoms with van der Waals surface area (Å²) in [6.07, 6.45) is 9.74. The summed E-state index contributed by atoms with van der Waals surface area (Å²) >= 11 is 3.51. The monoisotopic (exact) mass is 351 g/mol. The van der Waals surface area contributed by atoms with E-state index in [1.807, 2.05) is 0 Å². The Balaban J connectivity index is 1.55. The van der Waals surface area contributed by atoms with E-state index >= 15 is 0 Å². The standard InChI is InChI=1S/C18H26BrNO/c19-16-8-6-15(7-9-16)18(12-20-17-10-11-17)21-13-14-4-2-1-3-5-14/h6-9,14,17-18,20H,1-5,10-13H2. The van der Waals surface area contributed by atoms with E-state index in [2.05, 4.69) is 45.5 Å². The first-order valence-electron chi connectivity index (χ1n) is 8.42. The van der Waals surface area contributed by atoms with Gasteiger partial charge in [-0.25, -0.2) is 0 Å². The second-order valence-electron chi connectivity index (χ2n) is 6.56. The van der Waals surface area contributed by atoms with Crippen LogP contribution in [-0.4, -0.2) is 19.2 Å². The van der Waals surface area contributed by atoms with E-state index in [4.69, 9.17) is 4.74 Å². The molecule has 0 amide bonds. The van der Waals surface area contributed by atoms with Crippen LogP contribution >= 0.6 is 15.9 Å². The van der Waals surface area contributed by atoms with E-state index in [1.54, 1.807) is 0 Å². The molecule has 0 heterocycles. The highest BCUT2D eigenvalue weighted by molar-refractivity contribution is 9.10. The van der Waals surface area contributed by atoms with Gasteiger partial charge in [-0.3, -0.25) is 0 Å². The Morgan fingerprint density at radius 2 is 1.76 bits per heavy atom. The van der Waals surface area contributed by atoms with Gasteiger partial charge in [-0.05, 0) is 49.3 Å². The molecule has 0 aliphatic heterocycles. The molecular formula is C18H26BrNO. The topological polar surface area (TPSA) is 21.3 Å². The number of nitrogens with one attached hydrogen (secondary N) is 1. The fraction of sp³-hybridized carbons (Fsp3) is 0.667. The lowest BCUT2D eigenvalue weighted by Gasteiger charge is -2.25. The van der Waals surface area contributed by atoms with Crippen molar-refractivity contribution in [1.82, 2.24) is 5.32 Å². The lowest BCUT2D eigenvalue weighted by Crippen LogP contribution is -2.27. The quantitative estimate of drug-likeness (QED) is 0.758. The molecule has 0 saturated heterocycles. The van der Waals surface area contributed by atoms with Gasteiger partial charge in [0.2, 0.25) is 0 Å². The number of rotatable bonds is 7. The average Bonchev–Trinajstić information content (AvgIpc) is 3.34. The predicted octanol–water partition coefficient (Wildman–Crippen LogP) is 4.84. The van der Waals surface area contributed by atoms with Crippen LogP contribution in [0.4, 0.5) is 0 Å². The summed E-state index contributed by atoms with van der Waals surface area (Å²) in [6.45, 7) is 1.87. The van der Waals surface area contributed by atoms with Crippen molar-refractivity contribution in [3.8, 4) is 0 Å². The summed E-state index contributed by atoms with van der Waals surface area (Å²) < 4.78 is 7.44. The van der Waals surface area contributed by atoms with Crippen molar-refractivity contribution < 1.29 is 4.74 Å². The zero-order valence-corrected chi connectivity index (χ0v) is 14.3. The van der Waals surface area contributed by atoms with Crippen molar-refractivity contribution >= 4 is 15.9 Å². The minimum atomic E-state index is 0.195. The van der Waals surface area contributed by atoms with Gasteiger partial charge >= 0.3 is 0 Å². The molecule has 3 rings (SSSR count). The molecule has 1 N–H and O–H groups in total. The minimum absolute atomic E-state index is 0.195. The van der Waals surface area contributed by atoms with Crippen LogP contribution in [0, 0.1) is 5.92 Å². The maximum atomic E-state index is 6.31. The van der Waals surface area contributed by atoms with E-state index in [0.29, 0.717) is 0 Å². The summed E-state index contributed by atoms with van der Waals surface area (Å²) in [7, 11) is 0. The van der Waals surface area contributed by atoms with Gasteiger partial charge < -0.3 is 10.1 Å². The van der Waals surface area contributed by atoms with E-state index in [0.717, 1.165) is 29.6 Å². The molecule has 2 aliphatic rings. The molecular weight excluding hydrogens is 326 g/mol. The van der Waals surface area contributed by atoms with Gasteiger partial charge in [0, 0.05) is 17.1 Å². The molecule has 2 nitrogen and oxygen atoms in total. The zero-order valence-electron chi connectivity index (χ0n) is 12.7. The first kappa shape index (κ1) is 15.5. The molecule has 1 aromatic carbocycles. The predicted molar refractivity (Wildman–Crippen MR) is 90.4 cm³/mol. The van der Waals surface area contributed by atoms with E-state index in [-0.39, 0.29) is 6.10 Å². The molecule has 0 radical (unpaired) electrons. The van der Waals surface area contributed by atoms with Crippen molar-refractivity contribution in [2.45, 2.75) is 57.1 Å². The molecule has 0 aromatic heterocycles. The smallest absolute Gasteiger partial charge is 0.0949 e. The van der Waals surface area contributed by atoms with Crippen LogP contribution in [0.25, 0.3) is 0 Å². The second-order valence-corrected chi connectivity index (χ2v) is 7.48. The summed E-state index contributed by atoms with van der Waals surface area (Å²) in [6, 6.07) is 9.34. The molecule has 3 heteroatoms. The maximum absolute atomic E-state index is 6.31. The van der Waals surface area contributed by atoms with E-state index < -0.39 is 0 Å². The zero-order chi connectivity index (χ0) is 14.5. The number of benzene rings is 1. The Labute approximate surface area is 136 Å². The maximum Gasteiger partial charge on any atom is 0.0949 e. The molecule has 2 fully saturated rings. The Hall–Kier alpha value is -0.380. The molecule has 1 unspecified atom stereocenters. The Morgan fingerprint density at radius 1 is 1.05 bits per heavy atom. The molecule has 1 aromatic rings. The van der Waals surface area contributed by atoms with Crippen LogP contribution in [0.15, 0.2) is 28.7 Å². The number of ether oxygens (including phenoxy) is 1. The molecule has 21 heavy (non-hydrogen) atoms. The fourth-order valence-corrected chi connectivity index (χ4v) is 3.38. The van der Waals surface area contributed by atoms with Crippen molar-refractivity contribution in [3.05, 3.63) is 34.3 Å². The van der Waals surface area contributed by atoms with Crippen LogP contribution in [0.1, 0.15) is 56.6 Å². The van der Waals surface area contributed by atoms with Gasteiger partial charge in [-0.1, -0.05) is 47.3 Å². The molecule has 2 saturated carbocycles. The van der Waals surface area contributed by atoms with Crippen LogP contribution in [0.3, 0.4) is 0 Å². The molecule has 1 atom stereocenters. The van der Waals surface area contributed by atoms with Gasteiger partial charge in [0.05, 0.1) is 12.7 Å². The van der Waals surface area contributed by atoms with E-state index in [9.17, 15) is 0 Å². The number of halogens is 1. The van der Waals surface area contributed by atoms with Gasteiger partial charge in [-0.15, -0.1) is 0 Å². The first-order chi connectivity index (χ1) is 10.3. The third kappa shape index (κ3) is 5.08. The van der Waals surface area contributed by atoms with Crippen molar-refractivity contribution in [2.24, 2.45) is 5.92 Å². The van der Waals surface area contributed by atoms with Crippen molar-refractivity contribution in [2.75, 3.05) is 13.2 Å². The number of hydrogen-bond acceptors (Lipinski definition) is 2. The second kappa shape index (κ2) is 7.75. The van der Waals surface area contributed by atoms with Gasteiger partial charge in [0.1, 0.15) is 0 Å². The first-order valence-corrected chi connectivity index (χ1v) is 9.21. The van der Waals surface area contributed by atoms with Crippen LogP contribution < -0.4 is 5.32 Å². The number of hydrogen-bond donors (Lipinski definition) is 1. The Kier molecular flexibility index (Phi) is 5.73. The Morgan fingerprint density at radius 3 is 2.43 bits per heavy atom. The SMILES string of the molecule is Brc1ccc(C(CNC2CC2)OCC2CCCCC2)cc1. The highest BCUT2D eigenvalue weighted by Crippen LogP contribution is 2.27. The van der Waals surface area contributed by atoms with Crippen LogP contribution in [0.2, 0.25) is 0 Å². The fourth-order valence-electron chi connectivity index (χ4n) is 3.12. The third-order valence-electron chi connectivity index (χ3n) is 4.67. The molecule has 116 valence electrons. The van der Waals surface area contributed by atoms with Gasteiger partial charge in [-0.2, -0.15) is 0 Å². The van der Waals surface area contributed by atoms with Crippen molar-refractivity contribution in [1.29, 1.82) is 0 Å². The highest BCUT2D eigenvalue weighted by Gasteiger charge is 2.23. The summed E-state index contributed by atoms with van der Waals surface area (Å²) in [5, 5.41) is 3.62. The van der Waals surface area contributed by atoms with Gasteiger partial charge in [0.25, 0.3) is 0 Å². The highest BCUT2D eigenvalue weighted by atomic mass is 79.9. The molecule has 2 aliphatic carbocycles. The van der Waals surface area contributed by atoms with Crippen molar-refractivity contribution in [3.63, 3.8) is 0 Å². The molecule has 0 bridgehead atoms. The largest absolute Gasteiger partial charge is 0.372 e. The molecule has 0 spiro atoms. The van der Waals surface area contributed by atoms with E-state index in [1.165, 1.54) is 50.5 Å². The third-order valence-corrected chi connectivity index (χ3v) is 5.20. The Bertz CT molecular complexity index is 423. The van der Waals surface area contributed by atoms with Crippen LogP contribution in [-0.2, 0) is 4.74 Å². The van der Waals surface area contributed by atoms with Crippen LogP contribution in [0.5, 0.6) is 0 Å². The lowest BCUT2D eigenvalue weighted by molar-refractivity contribution is 0.0197. The normalized spacial score (nSPS) is 21.4.